The van der Waals surface area contributed by atoms with Crippen molar-refractivity contribution >= 4 is 15.5 Å². The van der Waals surface area contributed by atoms with Gasteiger partial charge in [0.15, 0.2) is 21.5 Å². The van der Waals surface area contributed by atoms with Gasteiger partial charge in [0.1, 0.15) is 11.4 Å². The van der Waals surface area contributed by atoms with Crippen LogP contribution in [0.25, 0.3) is 16.9 Å². The van der Waals surface area contributed by atoms with Gasteiger partial charge in [-0.1, -0.05) is 30.3 Å². The van der Waals surface area contributed by atoms with Crippen molar-refractivity contribution in [3.63, 3.8) is 0 Å². The predicted octanol–water partition coefficient (Wildman–Crippen LogP) is 4.53. The lowest BCUT2D eigenvalue weighted by Crippen LogP contribution is -2.29. The Morgan fingerprint density at radius 1 is 1.06 bits per heavy atom. The molecule has 1 saturated heterocycles. The van der Waals surface area contributed by atoms with E-state index in [2.05, 4.69) is 15.2 Å². The lowest BCUT2D eigenvalue weighted by atomic mass is 10.1. The van der Waals surface area contributed by atoms with Crippen LogP contribution >= 0.6 is 0 Å². The molecule has 4 rings (SSSR count). The van der Waals surface area contributed by atoms with Gasteiger partial charge in [-0.25, -0.2) is 21.9 Å². The van der Waals surface area contributed by atoms with E-state index in [0.29, 0.717) is 12.1 Å². The van der Waals surface area contributed by atoms with Gasteiger partial charge in [0.25, 0.3) is 0 Å². The molecule has 9 heteroatoms. The second kappa shape index (κ2) is 9.36. The molecule has 0 amide bonds. The summed E-state index contributed by atoms with van der Waals surface area (Å²) in [5.41, 5.74) is 1.84. The molecule has 0 aliphatic carbocycles. The maximum Gasteiger partial charge on any atom is 0.156 e. The summed E-state index contributed by atoms with van der Waals surface area (Å²) < 4.78 is 54.9. The molecular weight excluding hydrogens is 434 g/mol. The first-order chi connectivity index (χ1) is 15.4. The van der Waals surface area contributed by atoms with Gasteiger partial charge in [-0.05, 0) is 43.9 Å². The molecule has 0 atom stereocenters. The van der Waals surface area contributed by atoms with Crippen molar-refractivity contribution in [2.75, 3.05) is 23.7 Å². The third-order valence-corrected chi connectivity index (χ3v) is 7.40. The van der Waals surface area contributed by atoms with Crippen LogP contribution in [0.5, 0.6) is 0 Å². The van der Waals surface area contributed by atoms with Crippen molar-refractivity contribution in [3.05, 3.63) is 59.8 Å². The van der Waals surface area contributed by atoms with Gasteiger partial charge in [-0.3, -0.25) is 0 Å². The van der Waals surface area contributed by atoms with Crippen LogP contribution in [-0.2, 0) is 15.6 Å². The summed E-state index contributed by atoms with van der Waals surface area (Å²) in [5, 5.41) is 8.03. The van der Waals surface area contributed by atoms with Gasteiger partial charge in [0.05, 0.1) is 17.7 Å². The van der Waals surface area contributed by atoms with Gasteiger partial charge >= 0.3 is 0 Å². The van der Waals surface area contributed by atoms with E-state index in [9.17, 15) is 12.8 Å². The molecule has 32 heavy (non-hydrogen) atoms. The number of aromatic nitrogens is 3. The number of anilines is 1. The molecule has 0 N–H and O–H groups in total. The van der Waals surface area contributed by atoms with Crippen molar-refractivity contribution in [2.45, 2.75) is 38.4 Å². The Kier molecular flexibility index (Phi) is 6.55. The minimum atomic E-state index is -3.48. The average molecular weight is 461 g/mol. The SMILES string of the molecule is CCCS(=O)(=O)Cc1ccc(F)c(-n2cc(-c3cccc(N4CCCCC4)c3)nn2)c1F. The Bertz CT molecular complexity index is 1200. The minimum Gasteiger partial charge on any atom is -0.372 e. The predicted molar refractivity (Wildman–Crippen MR) is 121 cm³/mol. The van der Waals surface area contributed by atoms with Crippen LogP contribution in [0, 0.1) is 11.6 Å². The Hall–Kier alpha value is -2.81. The number of halogens is 2. The summed E-state index contributed by atoms with van der Waals surface area (Å²) in [6, 6.07) is 10.1. The van der Waals surface area contributed by atoms with Crippen LogP contribution in [0.4, 0.5) is 14.5 Å². The molecule has 0 unspecified atom stereocenters. The lowest BCUT2D eigenvalue weighted by molar-refractivity contribution is 0.547. The molecule has 1 aliphatic heterocycles. The molecule has 0 radical (unpaired) electrons. The van der Waals surface area contributed by atoms with E-state index in [1.165, 1.54) is 18.7 Å². The number of sulfone groups is 1. The topological polar surface area (TPSA) is 68.1 Å². The van der Waals surface area contributed by atoms with Crippen molar-refractivity contribution in [3.8, 4) is 16.9 Å². The third kappa shape index (κ3) is 4.82. The number of piperidine rings is 1. The van der Waals surface area contributed by atoms with Gasteiger partial charge < -0.3 is 4.90 Å². The number of hydrogen-bond acceptors (Lipinski definition) is 5. The van der Waals surface area contributed by atoms with Gasteiger partial charge in [0, 0.05) is 29.9 Å². The zero-order chi connectivity index (χ0) is 22.7. The summed E-state index contributed by atoms with van der Waals surface area (Å²) in [5.74, 6) is -2.32. The maximum absolute atomic E-state index is 15.1. The van der Waals surface area contributed by atoms with Crippen molar-refractivity contribution in [2.24, 2.45) is 0 Å². The zero-order valence-electron chi connectivity index (χ0n) is 18.0. The molecule has 1 aromatic heterocycles. The highest BCUT2D eigenvalue weighted by molar-refractivity contribution is 7.90. The van der Waals surface area contributed by atoms with E-state index < -0.39 is 32.9 Å². The first kappa shape index (κ1) is 22.4. The molecule has 0 bridgehead atoms. The van der Waals surface area contributed by atoms with E-state index in [-0.39, 0.29) is 11.3 Å². The first-order valence-corrected chi connectivity index (χ1v) is 12.7. The van der Waals surface area contributed by atoms with Crippen molar-refractivity contribution in [1.29, 1.82) is 0 Å². The average Bonchev–Trinajstić information content (AvgIpc) is 3.26. The highest BCUT2D eigenvalue weighted by atomic mass is 32.2. The second-order valence-electron chi connectivity index (χ2n) is 8.11. The number of hydrogen-bond donors (Lipinski definition) is 0. The van der Waals surface area contributed by atoms with Gasteiger partial charge in [0.2, 0.25) is 0 Å². The normalized spacial score (nSPS) is 14.7. The lowest BCUT2D eigenvalue weighted by Gasteiger charge is -2.29. The van der Waals surface area contributed by atoms with E-state index in [0.717, 1.165) is 47.9 Å². The van der Waals surface area contributed by atoms with E-state index in [1.54, 1.807) is 6.92 Å². The number of rotatable bonds is 7. The molecule has 3 aromatic rings. The summed E-state index contributed by atoms with van der Waals surface area (Å²) >= 11 is 0. The quantitative estimate of drug-likeness (QED) is 0.518. The van der Waals surface area contributed by atoms with Crippen LogP contribution in [-0.4, -0.2) is 42.3 Å². The Balaban J connectivity index is 1.65. The molecule has 1 fully saturated rings. The second-order valence-corrected chi connectivity index (χ2v) is 10.3. The maximum atomic E-state index is 15.1. The van der Waals surface area contributed by atoms with Crippen LogP contribution < -0.4 is 4.90 Å². The van der Waals surface area contributed by atoms with E-state index in [4.69, 9.17) is 0 Å². The Morgan fingerprint density at radius 3 is 2.59 bits per heavy atom. The molecule has 0 saturated carbocycles. The standard InChI is InChI=1S/C23H26F2N4O2S/c1-2-13-32(30,31)16-18-9-10-20(24)23(22(18)25)29-15-21(26-27-29)17-7-6-8-19(14-17)28-11-4-3-5-12-28/h6-10,14-15H,2-5,11-13,16H2,1H3. The molecule has 170 valence electrons. The minimum absolute atomic E-state index is 0.0556. The largest absolute Gasteiger partial charge is 0.372 e. The Morgan fingerprint density at radius 2 is 1.84 bits per heavy atom. The fourth-order valence-electron chi connectivity index (χ4n) is 4.04. The molecule has 2 heterocycles. The highest BCUT2D eigenvalue weighted by Gasteiger charge is 2.21. The van der Waals surface area contributed by atoms with Gasteiger partial charge in [-0.15, -0.1) is 5.10 Å². The summed E-state index contributed by atoms with van der Waals surface area (Å²) in [6.07, 6.45) is 5.44. The number of benzene rings is 2. The smallest absolute Gasteiger partial charge is 0.156 e. The van der Waals surface area contributed by atoms with Crippen LogP contribution in [0.15, 0.2) is 42.6 Å². The van der Waals surface area contributed by atoms with E-state index >= 15 is 4.39 Å². The Labute approximate surface area is 186 Å². The summed E-state index contributed by atoms with van der Waals surface area (Å²) in [7, 11) is -3.48. The third-order valence-electron chi connectivity index (χ3n) is 5.62. The summed E-state index contributed by atoms with van der Waals surface area (Å²) in [6.45, 7) is 3.74. The van der Waals surface area contributed by atoms with Gasteiger partial charge in [-0.2, -0.15) is 0 Å². The van der Waals surface area contributed by atoms with Crippen LogP contribution in [0.1, 0.15) is 38.2 Å². The monoisotopic (exact) mass is 460 g/mol. The molecular formula is C23H26F2N4O2S. The van der Waals surface area contributed by atoms with Crippen LogP contribution in [0.2, 0.25) is 0 Å². The van der Waals surface area contributed by atoms with Crippen molar-refractivity contribution in [1.82, 2.24) is 15.0 Å². The van der Waals surface area contributed by atoms with Crippen LogP contribution in [0.3, 0.4) is 0 Å². The number of nitrogens with zero attached hydrogens (tertiary/aromatic N) is 4. The molecule has 2 aromatic carbocycles. The molecule has 0 spiro atoms. The molecule has 1 aliphatic rings. The fourth-order valence-corrected chi connectivity index (χ4v) is 5.51. The molecule has 6 nitrogen and oxygen atoms in total. The highest BCUT2D eigenvalue weighted by Crippen LogP contribution is 2.27. The summed E-state index contributed by atoms with van der Waals surface area (Å²) in [4.78, 5) is 2.32. The fraction of sp³-hybridized carbons (Fsp3) is 0.391. The van der Waals surface area contributed by atoms with E-state index in [1.807, 2.05) is 24.3 Å². The zero-order valence-corrected chi connectivity index (χ0v) is 18.8. The van der Waals surface area contributed by atoms with Crippen molar-refractivity contribution < 1.29 is 17.2 Å². The first-order valence-electron chi connectivity index (χ1n) is 10.8.